The maximum Gasteiger partial charge on any atom is 0.168 e. The fourth-order valence-corrected chi connectivity index (χ4v) is 1.94. The van der Waals surface area contributed by atoms with E-state index in [-0.39, 0.29) is 5.78 Å². The van der Waals surface area contributed by atoms with E-state index in [4.69, 9.17) is 0 Å². The van der Waals surface area contributed by atoms with Crippen LogP contribution < -0.4 is 0 Å². The van der Waals surface area contributed by atoms with Crippen LogP contribution in [0.15, 0.2) is 59.6 Å². The van der Waals surface area contributed by atoms with Crippen LogP contribution in [0.1, 0.15) is 34.8 Å². The van der Waals surface area contributed by atoms with Gasteiger partial charge in [0.1, 0.15) is 0 Å². The highest BCUT2D eigenvalue weighted by molar-refractivity contribution is 6.08. The van der Waals surface area contributed by atoms with Crippen LogP contribution in [-0.2, 0) is 6.54 Å². The van der Waals surface area contributed by atoms with E-state index >= 15 is 0 Å². The fraction of sp³-hybridized carbons (Fsp3) is 0.222. The van der Waals surface area contributed by atoms with Gasteiger partial charge in [0.15, 0.2) is 5.78 Å². The highest BCUT2D eigenvalue weighted by Gasteiger charge is 2.06. The van der Waals surface area contributed by atoms with Gasteiger partial charge >= 0.3 is 0 Å². The third kappa shape index (κ3) is 4.16. The summed E-state index contributed by atoms with van der Waals surface area (Å²) in [6.07, 6.45) is 0.385. The molecule has 2 heteroatoms. The highest BCUT2D eigenvalue weighted by atomic mass is 16.1. The zero-order valence-electron chi connectivity index (χ0n) is 12.0. The summed E-state index contributed by atoms with van der Waals surface area (Å²) in [7, 11) is 0. The van der Waals surface area contributed by atoms with Crippen molar-refractivity contribution >= 4 is 11.5 Å². The number of nitrogens with zero attached hydrogens (tertiary/aromatic N) is 1. The van der Waals surface area contributed by atoms with Crippen molar-refractivity contribution in [2.75, 3.05) is 0 Å². The molecule has 0 aliphatic heterocycles. The predicted octanol–water partition coefficient (Wildman–Crippen LogP) is 4.23. The number of aliphatic imine (C=N–C) groups is 1. The number of rotatable bonds is 5. The van der Waals surface area contributed by atoms with Gasteiger partial charge in [0.05, 0.1) is 6.54 Å². The number of Topliss-reactive ketones (excluding diaryl/α,β-unsaturated/α-hetero) is 1. The van der Waals surface area contributed by atoms with Gasteiger partial charge in [0.2, 0.25) is 0 Å². The van der Waals surface area contributed by atoms with E-state index in [0.29, 0.717) is 13.0 Å². The molecule has 0 N–H and O–H groups in total. The maximum absolute atomic E-state index is 12.1. The van der Waals surface area contributed by atoms with Crippen molar-refractivity contribution < 1.29 is 4.79 Å². The minimum Gasteiger partial charge on any atom is -0.294 e. The molecule has 2 aromatic carbocycles. The van der Waals surface area contributed by atoms with Crippen molar-refractivity contribution in [2.24, 2.45) is 4.99 Å². The Bertz CT molecular complexity index is 597. The zero-order valence-corrected chi connectivity index (χ0v) is 12.0. The monoisotopic (exact) mass is 265 g/mol. The van der Waals surface area contributed by atoms with Crippen molar-refractivity contribution in [3.05, 3.63) is 71.3 Å². The second kappa shape index (κ2) is 6.80. The van der Waals surface area contributed by atoms with E-state index in [1.165, 1.54) is 0 Å². The Morgan fingerprint density at radius 1 is 1.00 bits per heavy atom. The number of carbonyl (C=O) groups is 1. The molecule has 0 saturated heterocycles. The van der Waals surface area contributed by atoms with Crippen LogP contribution in [0.3, 0.4) is 0 Å². The molecule has 2 nitrogen and oxygen atoms in total. The van der Waals surface area contributed by atoms with E-state index in [1.54, 1.807) is 0 Å². The first kappa shape index (κ1) is 14.2. The van der Waals surface area contributed by atoms with Crippen LogP contribution >= 0.6 is 0 Å². The molecule has 2 rings (SSSR count). The number of carbonyl (C=O) groups excluding carboxylic acids is 1. The van der Waals surface area contributed by atoms with Gasteiger partial charge in [-0.1, -0.05) is 60.2 Å². The topological polar surface area (TPSA) is 29.4 Å². The number of aryl methyl sites for hydroxylation is 1. The first-order valence-electron chi connectivity index (χ1n) is 6.79. The van der Waals surface area contributed by atoms with E-state index in [0.717, 1.165) is 22.4 Å². The highest BCUT2D eigenvalue weighted by Crippen LogP contribution is 2.08. The number of ketones is 1. The average Bonchev–Trinajstić information content (AvgIpc) is 2.47. The molecule has 0 fully saturated rings. The molecule has 0 amide bonds. The predicted molar refractivity (Wildman–Crippen MR) is 83.4 cm³/mol. The van der Waals surface area contributed by atoms with Gasteiger partial charge < -0.3 is 0 Å². The molecule has 0 atom stereocenters. The molecular formula is C18H19NO. The minimum atomic E-state index is 0.124. The summed E-state index contributed by atoms with van der Waals surface area (Å²) in [5.41, 5.74) is 3.95. The first-order chi connectivity index (χ1) is 9.65. The lowest BCUT2D eigenvalue weighted by atomic mass is 10.0. The van der Waals surface area contributed by atoms with Gasteiger partial charge in [-0.15, -0.1) is 0 Å². The third-order valence-electron chi connectivity index (χ3n) is 3.16. The van der Waals surface area contributed by atoms with E-state index in [2.05, 4.69) is 4.99 Å². The summed E-state index contributed by atoms with van der Waals surface area (Å²) in [6, 6.07) is 17.7. The standard InChI is InChI=1S/C18H19NO/c1-14-8-10-17(11-9-14)18(20)12-15(2)19-13-16-6-4-3-5-7-16/h3-11H,12-13H2,1-2H3. The van der Waals surface area contributed by atoms with Crippen molar-refractivity contribution in [3.63, 3.8) is 0 Å². The fourth-order valence-electron chi connectivity index (χ4n) is 1.94. The summed E-state index contributed by atoms with van der Waals surface area (Å²) in [4.78, 5) is 16.6. The Balaban J connectivity index is 1.95. The van der Waals surface area contributed by atoms with Crippen molar-refractivity contribution in [1.29, 1.82) is 0 Å². The molecule has 0 aliphatic carbocycles. The Morgan fingerprint density at radius 2 is 1.65 bits per heavy atom. The Kier molecular flexibility index (Phi) is 4.83. The van der Waals surface area contributed by atoms with Crippen LogP contribution in [0.5, 0.6) is 0 Å². The van der Waals surface area contributed by atoms with Gasteiger partial charge in [-0.3, -0.25) is 9.79 Å². The number of benzene rings is 2. The molecule has 0 heterocycles. The molecule has 0 unspecified atom stereocenters. The van der Waals surface area contributed by atoms with Crippen LogP contribution in [-0.4, -0.2) is 11.5 Å². The van der Waals surface area contributed by atoms with E-state index in [9.17, 15) is 4.79 Å². The minimum absolute atomic E-state index is 0.124. The van der Waals surface area contributed by atoms with E-state index < -0.39 is 0 Å². The average molecular weight is 265 g/mol. The lowest BCUT2D eigenvalue weighted by molar-refractivity contribution is 0.100. The molecule has 0 bridgehead atoms. The maximum atomic E-state index is 12.1. The summed E-state index contributed by atoms with van der Waals surface area (Å²) in [6.45, 7) is 4.56. The summed E-state index contributed by atoms with van der Waals surface area (Å²) >= 11 is 0. The van der Waals surface area contributed by atoms with Crippen LogP contribution in [0.25, 0.3) is 0 Å². The van der Waals surface area contributed by atoms with Crippen molar-refractivity contribution in [1.82, 2.24) is 0 Å². The Labute approximate surface area is 120 Å². The summed E-state index contributed by atoms with van der Waals surface area (Å²) < 4.78 is 0. The lowest BCUT2D eigenvalue weighted by Gasteiger charge is -2.02. The van der Waals surface area contributed by atoms with Gasteiger partial charge in [0.25, 0.3) is 0 Å². The van der Waals surface area contributed by atoms with Crippen LogP contribution in [0.4, 0.5) is 0 Å². The third-order valence-corrected chi connectivity index (χ3v) is 3.16. The van der Waals surface area contributed by atoms with Crippen molar-refractivity contribution in [2.45, 2.75) is 26.8 Å². The summed E-state index contributed by atoms with van der Waals surface area (Å²) in [5, 5.41) is 0. The molecule has 0 saturated carbocycles. The zero-order chi connectivity index (χ0) is 14.4. The largest absolute Gasteiger partial charge is 0.294 e. The van der Waals surface area contributed by atoms with Crippen LogP contribution in [0, 0.1) is 6.92 Å². The summed E-state index contributed by atoms with van der Waals surface area (Å²) in [5.74, 6) is 0.124. The molecule has 20 heavy (non-hydrogen) atoms. The quantitative estimate of drug-likeness (QED) is 0.587. The van der Waals surface area contributed by atoms with E-state index in [1.807, 2.05) is 68.4 Å². The van der Waals surface area contributed by atoms with Gasteiger partial charge in [0, 0.05) is 17.7 Å². The Hall–Kier alpha value is -2.22. The Morgan fingerprint density at radius 3 is 2.30 bits per heavy atom. The van der Waals surface area contributed by atoms with Gasteiger partial charge in [-0.2, -0.15) is 0 Å². The first-order valence-corrected chi connectivity index (χ1v) is 6.79. The normalized spacial score (nSPS) is 11.4. The number of hydrogen-bond donors (Lipinski definition) is 0. The van der Waals surface area contributed by atoms with Crippen molar-refractivity contribution in [3.8, 4) is 0 Å². The molecule has 2 aromatic rings. The van der Waals surface area contributed by atoms with Gasteiger partial charge in [-0.25, -0.2) is 0 Å². The smallest absolute Gasteiger partial charge is 0.168 e. The molecule has 102 valence electrons. The second-order valence-electron chi connectivity index (χ2n) is 5.00. The molecular weight excluding hydrogens is 246 g/mol. The molecule has 0 spiro atoms. The number of hydrogen-bond acceptors (Lipinski definition) is 2. The molecule has 0 radical (unpaired) electrons. The molecule has 0 aromatic heterocycles. The van der Waals surface area contributed by atoms with Crippen LogP contribution in [0.2, 0.25) is 0 Å². The SMILES string of the molecule is CC(CC(=O)c1ccc(C)cc1)=NCc1ccccc1. The lowest BCUT2D eigenvalue weighted by Crippen LogP contribution is -2.05. The molecule has 0 aliphatic rings. The second-order valence-corrected chi connectivity index (χ2v) is 5.00. The van der Waals surface area contributed by atoms with Gasteiger partial charge in [-0.05, 0) is 19.4 Å².